The smallest absolute Gasteiger partial charge is 0.340 e. The van der Waals surface area contributed by atoms with Gasteiger partial charge in [0.2, 0.25) is 0 Å². The number of nitro groups is 1. The molecule has 28 heavy (non-hydrogen) atoms. The third-order valence-corrected chi connectivity index (χ3v) is 5.45. The topological polar surface area (TPSA) is 133 Å². The van der Waals surface area contributed by atoms with Gasteiger partial charge in [0.15, 0.2) is 0 Å². The van der Waals surface area contributed by atoms with Crippen molar-refractivity contribution >= 4 is 33.3 Å². The summed E-state index contributed by atoms with van der Waals surface area (Å²) < 4.78 is 36.2. The highest BCUT2D eigenvalue weighted by Crippen LogP contribution is 2.29. The quantitative estimate of drug-likeness (QED) is 0.384. The third-order valence-electron chi connectivity index (χ3n) is 3.69. The maximum Gasteiger partial charge on any atom is 0.340 e. The van der Waals surface area contributed by atoms with Crippen molar-refractivity contribution in [3.63, 3.8) is 0 Å². The zero-order valence-corrected chi connectivity index (χ0v) is 15.7. The number of nitrogens with zero attached hydrogens (tertiary/aromatic N) is 2. The second-order valence-electron chi connectivity index (χ2n) is 5.35. The molecule has 0 bridgehead atoms. The Labute approximate surface area is 160 Å². The molecule has 0 aliphatic rings. The van der Waals surface area contributed by atoms with Crippen LogP contribution in [0.4, 0.5) is 11.4 Å². The summed E-state index contributed by atoms with van der Waals surface area (Å²) in [6.07, 6.45) is 0. The van der Waals surface area contributed by atoms with Gasteiger partial charge < -0.3 is 9.47 Å². The van der Waals surface area contributed by atoms with E-state index in [4.69, 9.17) is 0 Å². The molecule has 0 atom stereocenters. The number of para-hydroxylation sites is 1. The van der Waals surface area contributed by atoms with E-state index in [1.807, 2.05) is 0 Å². The van der Waals surface area contributed by atoms with Crippen LogP contribution in [0.5, 0.6) is 0 Å². The van der Waals surface area contributed by atoms with Crippen LogP contribution in [0, 0.1) is 10.1 Å². The largest absolute Gasteiger partial charge is 0.468 e. The van der Waals surface area contributed by atoms with E-state index < -0.39 is 44.0 Å². The van der Waals surface area contributed by atoms with E-state index in [0.717, 1.165) is 32.4 Å². The molecule has 0 radical (unpaired) electrons. The Morgan fingerprint density at radius 1 is 1.07 bits per heavy atom. The minimum absolute atomic E-state index is 0.108. The standard InChI is InChI=1S/C17H16N2O8S/c1-26-16(20)11-18(15-9-4-3-8-14(15)17(21)27-2)28(24,25)13-7-5-6-12(10-13)19(22)23/h3-10H,11H2,1-2H3. The molecule has 0 aromatic heterocycles. The molecular formula is C17H16N2O8S. The number of methoxy groups -OCH3 is 2. The number of rotatable bonds is 7. The zero-order chi connectivity index (χ0) is 20.9. The maximum absolute atomic E-state index is 13.2. The van der Waals surface area contributed by atoms with Gasteiger partial charge in [-0.15, -0.1) is 0 Å². The van der Waals surface area contributed by atoms with Gasteiger partial charge in [0.05, 0.1) is 35.3 Å². The molecule has 10 nitrogen and oxygen atoms in total. The molecule has 2 aromatic rings. The lowest BCUT2D eigenvalue weighted by Gasteiger charge is -2.25. The van der Waals surface area contributed by atoms with Crippen LogP contribution in [0.15, 0.2) is 53.4 Å². The first kappa shape index (κ1) is 20.8. The van der Waals surface area contributed by atoms with Crippen LogP contribution < -0.4 is 4.31 Å². The molecule has 0 spiro atoms. The van der Waals surface area contributed by atoms with Gasteiger partial charge in [-0.05, 0) is 18.2 Å². The second-order valence-corrected chi connectivity index (χ2v) is 7.21. The summed E-state index contributed by atoms with van der Waals surface area (Å²) >= 11 is 0. The molecule has 0 N–H and O–H groups in total. The molecule has 11 heteroatoms. The maximum atomic E-state index is 13.2. The van der Waals surface area contributed by atoms with E-state index in [0.29, 0.717) is 4.31 Å². The Hall–Kier alpha value is -3.47. The molecule has 0 heterocycles. The fraction of sp³-hybridized carbons (Fsp3) is 0.176. The van der Waals surface area contributed by atoms with Crippen LogP contribution in [0.3, 0.4) is 0 Å². The van der Waals surface area contributed by atoms with E-state index in [9.17, 15) is 28.1 Å². The van der Waals surface area contributed by atoms with Crippen molar-refractivity contribution in [1.82, 2.24) is 0 Å². The minimum atomic E-state index is -4.46. The molecule has 2 aromatic carbocycles. The Morgan fingerprint density at radius 2 is 1.75 bits per heavy atom. The lowest BCUT2D eigenvalue weighted by molar-refractivity contribution is -0.385. The third kappa shape index (κ3) is 4.26. The molecule has 0 aliphatic carbocycles. The highest BCUT2D eigenvalue weighted by molar-refractivity contribution is 7.92. The van der Waals surface area contributed by atoms with Crippen molar-refractivity contribution in [3.05, 3.63) is 64.2 Å². The minimum Gasteiger partial charge on any atom is -0.468 e. The highest BCUT2D eigenvalue weighted by Gasteiger charge is 2.31. The van der Waals surface area contributed by atoms with E-state index in [1.54, 1.807) is 0 Å². The number of carbonyl (C=O) groups is 2. The van der Waals surface area contributed by atoms with Crippen molar-refractivity contribution in [2.24, 2.45) is 0 Å². The normalized spacial score (nSPS) is 10.8. The van der Waals surface area contributed by atoms with Gasteiger partial charge in [0.25, 0.3) is 15.7 Å². The molecule has 0 unspecified atom stereocenters. The molecule has 0 fully saturated rings. The Bertz CT molecular complexity index is 1020. The van der Waals surface area contributed by atoms with Crippen LogP contribution in [-0.4, -0.2) is 46.0 Å². The first-order chi connectivity index (χ1) is 13.2. The van der Waals surface area contributed by atoms with E-state index in [2.05, 4.69) is 9.47 Å². The summed E-state index contributed by atoms with van der Waals surface area (Å²) in [6.45, 7) is -0.754. The molecule has 0 saturated carbocycles. The van der Waals surface area contributed by atoms with Gasteiger partial charge in [0, 0.05) is 12.1 Å². The summed E-state index contributed by atoms with van der Waals surface area (Å²) in [6, 6.07) is 9.94. The van der Waals surface area contributed by atoms with Gasteiger partial charge in [-0.2, -0.15) is 0 Å². The number of anilines is 1. The van der Waals surface area contributed by atoms with E-state index in [-0.39, 0.29) is 11.3 Å². The monoisotopic (exact) mass is 408 g/mol. The van der Waals surface area contributed by atoms with Crippen molar-refractivity contribution in [1.29, 1.82) is 0 Å². The molecular weight excluding hydrogens is 392 g/mol. The number of carbonyl (C=O) groups excluding carboxylic acids is 2. The summed E-state index contributed by atoms with van der Waals surface area (Å²) in [5, 5.41) is 11.0. The number of hydrogen-bond donors (Lipinski definition) is 0. The predicted molar refractivity (Wildman–Crippen MR) is 97.4 cm³/mol. The highest BCUT2D eigenvalue weighted by atomic mass is 32.2. The van der Waals surface area contributed by atoms with Gasteiger partial charge in [-0.3, -0.25) is 19.2 Å². The van der Waals surface area contributed by atoms with Gasteiger partial charge >= 0.3 is 11.9 Å². The summed E-state index contributed by atoms with van der Waals surface area (Å²) in [5.41, 5.74) is -0.686. The number of benzene rings is 2. The first-order valence-electron chi connectivity index (χ1n) is 7.73. The molecule has 148 valence electrons. The van der Waals surface area contributed by atoms with Gasteiger partial charge in [-0.25, -0.2) is 13.2 Å². The van der Waals surface area contributed by atoms with Crippen LogP contribution in [0.2, 0.25) is 0 Å². The van der Waals surface area contributed by atoms with Crippen LogP contribution in [-0.2, 0) is 24.3 Å². The van der Waals surface area contributed by atoms with Crippen molar-refractivity contribution < 1.29 is 32.4 Å². The van der Waals surface area contributed by atoms with Crippen LogP contribution in [0.1, 0.15) is 10.4 Å². The Morgan fingerprint density at radius 3 is 2.36 bits per heavy atom. The summed E-state index contributed by atoms with van der Waals surface area (Å²) in [5.74, 6) is -1.71. The molecule has 2 rings (SSSR count). The number of hydrogen-bond acceptors (Lipinski definition) is 8. The van der Waals surface area contributed by atoms with Crippen LogP contribution in [0.25, 0.3) is 0 Å². The fourth-order valence-electron chi connectivity index (χ4n) is 2.34. The van der Waals surface area contributed by atoms with E-state index >= 15 is 0 Å². The first-order valence-corrected chi connectivity index (χ1v) is 9.17. The Kier molecular flexibility index (Phi) is 6.31. The number of ether oxygens (including phenoxy) is 2. The van der Waals surface area contributed by atoms with Crippen molar-refractivity contribution in [3.8, 4) is 0 Å². The van der Waals surface area contributed by atoms with Crippen LogP contribution >= 0.6 is 0 Å². The number of non-ortho nitro benzene ring substituents is 1. The average molecular weight is 408 g/mol. The zero-order valence-electron chi connectivity index (χ0n) is 14.9. The number of sulfonamides is 1. The second kappa shape index (κ2) is 8.48. The summed E-state index contributed by atoms with van der Waals surface area (Å²) in [7, 11) is -2.26. The number of nitro benzene ring substituents is 1. The van der Waals surface area contributed by atoms with Gasteiger partial charge in [-0.1, -0.05) is 18.2 Å². The Balaban J connectivity index is 2.68. The molecule has 0 saturated heterocycles. The lowest BCUT2D eigenvalue weighted by Crippen LogP contribution is -2.37. The van der Waals surface area contributed by atoms with E-state index in [1.165, 1.54) is 30.3 Å². The van der Waals surface area contributed by atoms with Crippen molar-refractivity contribution in [2.45, 2.75) is 4.90 Å². The SMILES string of the molecule is COC(=O)CN(c1ccccc1C(=O)OC)S(=O)(=O)c1cccc([N+](=O)[O-])c1. The van der Waals surface area contributed by atoms with Crippen molar-refractivity contribution in [2.75, 3.05) is 25.1 Å². The fourth-order valence-corrected chi connectivity index (χ4v) is 3.81. The number of esters is 2. The lowest BCUT2D eigenvalue weighted by atomic mass is 10.2. The predicted octanol–water partition coefficient (Wildman–Crippen LogP) is 1.75. The molecule has 0 amide bonds. The molecule has 0 aliphatic heterocycles. The van der Waals surface area contributed by atoms with Gasteiger partial charge in [0.1, 0.15) is 6.54 Å². The summed E-state index contributed by atoms with van der Waals surface area (Å²) in [4.78, 5) is 33.7. The average Bonchev–Trinajstić information content (AvgIpc) is 2.71.